The highest BCUT2D eigenvalue weighted by Gasteiger charge is 2.67. The van der Waals surface area contributed by atoms with Crippen LogP contribution in [0.3, 0.4) is 0 Å². The summed E-state index contributed by atoms with van der Waals surface area (Å²) in [7, 11) is 1.79. The van der Waals surface area contributed by atoms with Crippen LogP contribution in [0.1, 0.15) is 37.8 Å². The van der Waals surface area contributed by atoms with Crippen LogP contribution in [0.25, 0.3) is 0 Å². The third kappa shape index (κ3) is 1.89. The van der Waals surface area contributed by atoms with Crippen molar-refractivity contribution in [3.05, 3.63) is 53.1 Å². The lowest BCUT2D eigenvalue weighted by Gasteiger charge is -2.51. The van der Waals surface area contributed by atoms with E-state index in [1.165, 1.54) is 5.49 Å². The van der Waals surface area contributed by atoms with Crippen LogP contribution in [0.5, 0.6) is 0 Å². The maximum absolute atomic E-state index is 14.1. The topological polar surface area (TPSA) is 49.4 Å². The number of benzene rings is 1. The molecule has 0 radical (unpaired) electrons. The Morgan fingerprint density at radius 1 is 1.29 bits per heavy atom. The summed E-state index contributed by atoms with van der Waals surface area (Å²) < 4.78 is 0. The summed E-state index contributed by atoms with van der Waals surface area (Å²) >= 11 is 12.0. The first kappa shape index (κ1) is 19.3. The average Bonchev–Trinajstić information content (AvgIpc) is 2.90. The van der Waals surface area contributed by atoms with Crippen LogP contribution in [-0.2, 0) is 15.1 Å². The standard InChI is InChI=1S/C22H23ClN2O2S/c1-6-21(4)15(23)10-13-18(26)22(21,24-11-28)12-8-7-9-14-16(12)17(20(13,2)3)19(27)25(14)5/h6-11,13,17H,1H2,2-5H3,(H,24,28)/t13-,17+,21+,22+/m0/s1. The molecule has 1 N–H and O–H groups in total. The lowest BCUT2D eigenvalue weighted by Crippen LogP contribution is -2.63. The second kappa shape index (κ2) is 5.77. The molecule has 4 atom stereocenters. The number of rotatable bonds is 3. The number of amides is 1. The van der Waals surface area contributed by atoms with Crippen molar-refractivity contribution in [1.82, 2.24) is 5.32 Å². The van der Waals surface area contributed by atoms with Gasteiger partial charge < -0.3 is 10.2 Å². The molecule has 0 saturated carbocycles. The Morgan fingerprint density at radius 2 is 1.96 bits per heavy atom. The van der Waals surface area contributed by atoms with Gasteiger partial charge in [-0.05, 0) is 29.5 Å². The van der Waals surface area contributed by atoms with Gasteiger partial charge in [-0.1, -0.05) is 62.0 Å². The minimum atomic E-state index is -1.23. The van der Waals surface area contributed by atoms with Gasteiger partial charge in [0, 0.05) is 23.7 Å². The fraction of sp³-hybridized carbons (Fsp3) is 0.409. The third-order valence-corrected chi connectivity index (χ3v) is 7.82. The molecule has 0 unspecified atom stereocenters. The van der Waals surface area contributed by atoms with Crippen LogP contribution in [0.4, 0.5) is 5.69 Å². The van der Waals surface area contributed by atoms with E-state index in [2.05, 4.69) is 11.9 Å². The van der Waals surface area contributed by atoms with Crippen molar-refractivity contribution in [2.24, 2.45) is 16.7 Å². The van der Waals surface area contributed by atoms with E-state index >= 15 is 0 Å². The number of allylic oxidation sites excluding steroid dienone is 1. The van der Waals surface area contributed by atoms with Crippen molar-refractivity contribution >= 4 is 46.7 Å². The molecule has 1 amide bonds. The molecule has 1 aliphatic heterocycles. The number of likely N-dealkylation sites (N-methyl/N-ethyl adjacent to an activating group) is 1. The highest BCUT2D eigenvalue weighted by atomic mass is 35.5. The number of carbonyl (C=O) groups excluding carboxylic acids is 2. The van der Waals surface area contributed by atoms with E-state index in [0.29, 0.717) is 5.03 Å². The predicted molar refractivity (Wildman–Crippen MR) is 116 cm³/mol. The molecule has 1 heterocycles. The van der Waals surface area contributed by atoms with E-state index in [0.717, 1.165) is 16.8 Å². The van der Waals surface area contributed by atoms with Crippen LogP contribution < -0.4 is 10.2 Å². The second-order valence-electron chi connectivity index (χ2n) is 8.67. The number of ketones is 1. The highest BCUT2D eigenvalue weighted by molar-refractivity contribution is 7.78. The smallest absolute Gasteiger partial charge is 0.234 e. The van der Waals surface area contributed by atoms with Gasteiger partial charge in [-0.25, -0.2) is 0 Å². The van der Waals surface area contributed by atoms with Crippen molar-refractivity contribution in [3.8, 4) is 0 Å². The molecule has 4 rings (SSSR count). The summed E-state index contributed by atoms with van der Waals surface area (Å²) in [6, 6.07) is 5.72. The fourth-order valence-electron chi connectivity index (χ4n) is 5.45. The quantitative estimate of drug-likeness (QED) is 0.599. The number of nitrogens with one attached hydrogen (secondary N) is 1. The van der Waals surface area contributed by atoms with Gasteiger partial charge in [0.05, 0.1) is 16.8 Å². The van der Waals surface area contributed by atoms with Crippen molar-refractivity contribution < 1.29 is 9.59 Å². The van der Waals surface area contributed by atoms with E-state index in [1.54, 1.807) is 18.0 Å². The van der Waals surface area contributed by atoms with Crippen LogP contribution in [0.2, 0.25) is 0 Å². The molecule has 1 aromatic carbocycles. The molecule has 0 spiro atoms. The average molecular weight is 415 g/mol. The Bertz CT molecular complexity index is 985. The minimum absolute atomic E-state index is 0.00451. The summed E-state index contributed by atoms with van der Waals surface area (Å²) in [5, 5.41) is 3.73. The van der Waals surface area contributed by atoms with Gasteiger partial charge in [0.1, 0.15) is 5.54 Å². The number of hydrogen-bond acceptors (Lipinski definition) is 3. The lowest BCUT2D eigenvalue weighted by atomic mass is 9.57. The molecule has 28 heavy (non-hydrogen) atoms. The molecule has 0 fully saturated rings. The first-order valence-electron chi connectivity index (χ1n) is 9.27. The number of thiocarbonyl (C=S) groups is 1. The van der Waals surface area contributed by atoms with Crippen molar-refractivity contribution in [1.29, 1.82) is 0 Å². The van der Waals surface area contributed by atoms with E-state index in [-0.39, 0.29) is 11.7 Å². The van der Waals surface area contributed by atoms with Crippen molar-refractivity contribution in [2.45, 2.75) is 32.2 Å². The van der Waals surface area contributed by atoms with Crippen LogP contribution >= 0.6 is 23.8 Å². The molecule has 4 nitrogen and oxygen atoms in total. The number of carbonyl (C=O) groups is 2. The zero-order chi connectivity index (χ0) is 20.6. The largest absolute Gasteiger partial charge is 0.365 e. The van der Waals surface area contributed by atoms with Gasteiger partial charge in [0.15, 0.2) is 5.78 Å². The fourth-order valence-corrected chi connectivity index (χ4v) is 5.97. The Labute approximate surface area is 175 Å². The molecule has 1 aromatic rings. The first-order chi connectivity index (χ1) is 13.1. The monoisotopic (exact) mass is 414 g/mol. The predicted octanol–water partition coefficient (Wildman–Crippen LogP) is 4.04. The zero-order valence-corrected chi connectivity index (χ0v) is 17.9. The Morgan fingerprint density at radius 3 is 2.57 bits per heavy atom. The molecule has 0 saturated heterocycles. The van der Waals surface area contributed by atoms with E-state index in [9.17, 15) is 9.59 Å². The molecule has 2 aliphatic carbocycles. The zero-order valence-electron chi connectivity index (χ0n) is 16.4. The number of Topliss-reactive ketones (excluding diaryl/α,β-unsaturated/α-hetero) is 1. The summed E-state index contributed by atoms with van der Waals surface area (Å²) in [6.07, 6.45) is 3.52. The van der Waals surface area contributed by atoms with E-state index < -0.39 is 28.2 Å². The van der Waals surface area contributed by atoms with Crippen molar-refractivity contribution in [3.63, 3.8) is 0 Å². The molecular formula is C22H23ClN2O2S. The molecule has 146 valence electrons. The molecule has 2 bridgehead atoms. The lowest BCUT2D eigenvalue weighted by molar-refractivity contribution is -0.135. The number of anilines is 1. The second-order valence-corrected chi connectivity index (χ2v) is 9.31. The van der Waals surface area contributed by atoms with E-state index in [1.807, 2.05) is 45.0 Å². The Kier molecular flexibility index (Phi) is 3.99. The number of nitrogens with zero attached hydrogens (tertiary/aromatic N) is 1. The number of fused-ring (bicyclic) bond motifs is 3. The van der Waals surface area contributed by atoms with Crippen LogP contribution in [0, 0.1) is 16.7 Å². The van der Waals surface area contributed by atoms with Crippen LogP contribution in [-0.4, -0.2) is 24.2 Å². The van der Waals surface area contributed by atoms with Crippen molar-refractivity contribution in [2.75, 3.05) is 11.9 Å². The summed E-state index contributed by atoms with van der Waals surface area (Å²) in [4.78, 5) is 29.1. The van der Waals surface area contributed by atoms with E-state index in [4.69, 9.17) is 23.8 Å². The summed E-state index contributed by atoms with van der Waals surface area (Å²) in [5.41, 5.74) is 1.04. The normalized spacial score (nSPS) is 35.0. The number of hydrogen-bond donors (Lipinski definition) is 1. The van der Waals surface area contributed by atoms with Gasteiger partial charge in [-0.2, -0.15) is 0 Å². The first-order valence-corrected chi connectivity index (χ1v) is 10.1. The van der Waals surface area contributed by atoms with Gasteiger partial charge in [0.2, 0.25) is 5.91 Å². The van der Waals surface area contributed by atoms with Gasteiger partial charge >= 0.3 is 0 Å². The van der Waals surface area contributed by atoms with Gasteiger partial charge in [-0.15, -0.1) is 6.58 Å². The Balaban J connectivity index is 2.24. The molecule has 0 aromatic heterocycles. The minimum Gasteiger partial charge on any atom is -0.365 e. The highest BCUT2D eigenvalue weighted by Crippen LogP contribution is 2.64. The molecule has 6 heteroatoms. The maximum atomic E-state index is 14.1. The SMILES string of the molecule is C=C[C@]1(C)C(Cl)=C[C@H]2C(=O)[C@]1(NC=S)c1cccc3c1[C@H](C(=O)N3C)C2(C)C. The maximum Gasteiger partial charge on any atom is 0.234 e. The van der Waals surface area contributed by atoms with Gasteiger partial charge in [-0.3, -0.25) is 9.59 Å². The van der Waals surface area contributed by atoms with Crippen LogP contribution in [0.15, 0.2) is 42.0 Å². The number of halogens is 1. The summed E-state index contributed by atoms with van der Waals surface area (Å²) in [5.74, 6) is -1.03. The molecule has 3 aliphatic rings. The Hall–Kier alpha value is -1.98. The summed E-state index contributed by atoms with van der Waals surface area (Å²) in [6.45, 7) is 9.84. The third-order valence-electron chi connectivity index (χ3n) is 7.18. The molecular weight excluding hydrogens is 392 g/mol. The van der Waals surface area contributed by atoms with Gasteiger partial charge in [0.25, 0.3) is 0 Å².